The van der Waals surface area contributed by atoms with E-state index in [1.807, 2.05) is 0 Å². The Labute approximate surface area is 168 Å². The molecule has 9 heteroatoms. The highest BCUT2D eigenvalue weighted by Gasteiger charge is 2.35. The van der Waals surface area contributed by atoms with Gasteiger partial charge in [-0.25, -0.2) is 17.2 Å². The van der Waals surface area contributed by atoms with Crippen molar-refractivity contribution in [2.24, 2.45) is 5.92 Å². The lowest BCUT2D eigenvalue weighted by molar-refractivity contribution is -0.126. The van der Waals surface area contributed by atoms with E-state index in [0.29, 0.717) is 12.8 Å². The number of sulfonamides is 1. The molecule has 1 heterocycles. The van der Waals surface area contributed by atoms with Gasteiger partial charge in [0.15, 0.2) is 0 Å². The Balaban J connectivity index is 1.70. The molecule has 6 nitrogen and oxygen atoms in total. The molecule has 1 aliphatic heterocycles. The molecule has 1 atom stereocenters. The Hall–Kier alpha value is -2.52. The molecule has 0 radical (unpaired) electrons. The molecule has 0 unspecified atom stereocenters. The second-order valence-electron chi connectivity index (χ2n) is 6.84. The van der Waals surface area contributed by atoms with Crippen LogP contribution in [0.3, 0.4) is 0 Å². The second-order valence-corrected chi connectivity index (χ2v) is 8.75. The summed E-state index contributed by atoms with van der Waals surface area (Å²) in [6.07, 6.45) is 1.05. The van der Waals surface area contributed by atoms with Crippen molar-refractivity contribution >= 4 is 15.9 Å². The number of hydrogen-bond acceptors (Lipinski definition) is 4. The van der Waals surface area contributed by atoms with Gasteiger partial charge in [-0.15, -0.1) is 0 Å². The van der Waals surface area contributed by atoms with Crippen molar-refractivity contribution in [3.05, 3.63) is 59.7 Å². The van der Waals surface area contributed by atoms with Crippen LogP contribution >= 0.6 is 0 Å². The van der Waals surface area contributed by atoms with E-state index in [1.54, 1.807) is 12.1 Å². The molecular weight excluding hydrogens is 402 g/mol. The van der Waals surface area contributed by atoms with Crippen LogP contribution in [0.1, 0.15) is 18.4 Å². The zero-order valence-electron chi connectivity index (χ0n) is 15.9. The van der Waals surface area contributed by atoms with Crippen LogP contribution in [0.2, 0.25) is 0 Å². The molecule has 0 aromatic heterocycles. The predicted molar refractivity (Wildman–Crippen MR) is 103 cm³/mol. The third-order valence-electron chi connectivity index (χ3n) is 4.88. The Morgan fingerprint density at radius 1 is 1.17 bits per heavy atom. The van der Waals surface area contributed by atoms with Crippen LogP contribution in [0, 0.1) is 17.6 Å². The van der Waals surface area contributed by atoms with Gasteiger partial charge in [0, 0.05) is 19.6 Å². The van der Waals surface area contributed by atoms with Crippen LogP contribution in [-0.4, -0.2) is 38.8 Å². The van der Waals surface area contributed by atoms with Crippen molar-refractivity contribution < 1.29 is 26.7 Å². The number of halogens is 2. The summed E-state index contributed by atoms with van der Waals surface area (Å²) in [5, 5.41) is 2.76. The number of carbonyl (C=O) groups excluding carboxylic acids is 1. The number of ether oxygens (including phenoxy) is 1. The normalized spacial score (nSPS) is 17.7. The third kappa shape index (κ3) is 4.91. The van der Waals surface area contributed by atoms with Gasteiger partial charge < -0.3 is 10.1 Å². The number of methoxy groups -OCH3 is 1. The van der Waals surface area contributed by atoms with Crippen molar-refractivity contribution in [1.29, 1.82) is 0 Å². The molecule has 1 N–H and O–H groups in total. The number of amides is 1. The van der Waals surface area contributed by atoms with E-state index in [9.17, 15) is 22.0 Å². The summed E-state index contributed by atoms with van der Waals surface area (Å²) >= 11 is 0. The van der Waals surface area contributed by atoms with Crippen LogP contribution in [0.5, 0.6) is 5.75 Å². The van der Waals surface area contributed by atoms with Gasteiger partial charge in [-0.2, -0.15) is 4.31 Å². The first kappa shape index (κ1) is 21.2. The predicted octanol–water partition coefficient (Wildman–Crippen LogP) is 2.69. The second kappa shape index (κ2) is 8.87. The van der Waals surface area contributed by atoms with E-state index in [2.05, 4.69) is 5.32 Å². The van der Waals surface area contributed by atoms with Crippen LogP contribution < -0.4 is 10.1 Å². The standard InChI is InChI=1S/C20H22F2N2O4S/c1-28-18-9-8-17(22)11-19(18)29(26,27)24-10-2-3-15(13-24)20(25)23-12-14-4-6-16(21)7-5-14/h4-9,11,15H,2-3,10,12-13H2,1H3,(H,23,25)/t15-/m1/s1. The maximum Gasteiger partial charge on any atom is 0.246 e. The lowest BCUT2D eigenvalue weighted by atomic mass is 9.99. The number of hydrogen-bond donors (Lipinski definition) is 1. The molecule has 1 aliphatic rings. The molecule has 0 aliphatic carbocycles. The van der Waals surface area contributed by atoms with Gasteiger partial charge in [-0.05, 0) is 48.7 Å². The number of piperidine rings is 1. The zero-order chi connectivity index (χ0) is 21.0. The molecule has 2 aromatic carbocycles. The molecule has 1 saturated heterocycles. The lowest BCUT2D eigenvalue weighted by Crippen LogP contribution is -2.45. The van der Waals surface area contributed by atoms with Crippen molar-refractivity contribution in [1.82, 2.24) is 9.62 Å². The lowest BCUT2D eigenvalue weighted by Gasteiger charge is -2.31. The van der Waals surface area contributed by atoms with Gasteiger partial charge in [0.25, 0.3) is 0 Å². The average molecular weight is 424 g/mol. The first-order valence-corrected chi connectivity index (χ1v) is 10.6. The first-order valence-electron chi connectivity index (χ1n) is 9.17. The maximum absolute atomic E-state index is 13.6. The molecule has 0 bridgehead atoms. The van der Waals surface area contributed by atoms with Gasteiger partial charge >= 0.3 is 0 Å². The smallest absolute Gasteiger partial charge is 0.246 e. The Morgan fingerprint density at radius 2 is 1.86 bits per heavy atom. The fraction of sp³-hybridized carbons (Fsp3) is 0.350. The number of nitrogens with zero attached hydrogens (tertiary/aromatic N) is 1. The van der Waals surface area contributed by atoms with Gasteiger partial charge in [0.1, 0.15) is 22.3 Å². The number of nitrogens with one attached hydrogen (secondary N) is 1. The molecular formula is C20H22F2N2O4S. The molecule has 156 valence electrons. The summed E-state index contributed by atoms with van der Waals surface area (Å²) in [4.78, 5) is 12.3. The highest BCUT2D eigenvalue weighted by Crippen LogP contribution is 2.30. The third-order valence-corrected chi connectivity index (χ3v) is 6.76. The molecule has 1 fully saturated rings. The quantitative estimate of drug-likeness (QED) is 0.774. The first-order chi connectivity index (χ1) is 13.8. The molecule has 0 spiro atoms. The van der Waals surface area contributed by atoms with Crippen molar-refractivity contribution in [3.63, 3.8) is 0 Å². The van der Waals surface area contributed by atoms with Gasteiger partial charge in [0.05, 0.1) is 13.0 Å². The molecule has 29 heavy (non-hydrogen) atoms. The van der Waals surface area contributed by atoms with E-state index in [4.69, 9.17) is 4.74 Å². The highest BCUT2D eigenvalue weighted by atomic mass is 32.2. The van der Waals surface area contributed by atoms with Gasteiger partial charge in [0.2, 0.25) is 15.9 Å². The maximum atomic E-state index is 13.6. The fourth-order valence-electron chi connectivity index (χ4n) is 3.30. The minimum atomic E-state index is -4.02. The van der Waals surface area contributed by atoms with Crippen molar-refractivity contribution in [2.75, 3.05) is 20.2 Å². The van der Waals surface area contributed by atoms with Gasteiger partial charge in [-0.3, -0.25) is 4.79 Å². The summed E-state index contributed by atoms with van der Waals surface area (Å²) in [6, 6.07) is 9.07. The monoisotopic (exact) mass is 424 g/mol. The molecule has 0 saturated carbocycles. The fourth-order valence-corrected chi connectivity index (χ4v) is 4.99. The summed E-state index contributed by atoms with van der Waals surface area (Å²) in [7, 11) is -2.71. The minimum absolute atomic E-state index is 0.00273. The van der Waals surface area contributed by atoms with Crippen LogP contribution in [0.25, 0.3) is 0 Å². The van der Waals surface area contributed by atoms with Crippen LogP contribution in [-0.2, 0) is 21.4 Å². The number of rotatable bonds is 6. The van der Waals surface area contributed by atoms with E-state index < -0.39 is 21.8 Å². The van der Waals surface area contributed by atoms with Gasteiger partial charge in [-0.1, -0.05) is 12.1 Å². The topological polar surface area (TPSA) is 75.7 Å². The van der Waals surface area contributed by atoms with E-state index >= 15 is 0 Å². The van der Waals surface area contributed by atoms with Crippen LogP contribution in [0.4, 0.5) is 8.78 Å². The summed E-state index contributed by atoms with van der Waals surface area (Å²) in [5.41, 5.74) is 0.740. The minimum Gasteiger partial charge on any atom is -0.495 e. The largest absolute Gasteiger partial charge is 0.495 e. The van der Waals surface area contributed by atoms with E-state index in [-0.39, 0.29) is 42.0 Å². The van der Waals surface area contributed by atoms with E-state index in [0.717, 1.165) is 17.7 Å². The van der Waals surface area contributed by atoms with Crippen molar-refractivity contribution in [3.8, 4) is 5.75 Å². The number of carbonyl (C=O) groups is 1. The molecule has 3 rings (SSSR count). The molecule has 2 aromatic rings. The summed E-state index contributed by atoms with van der Waals surface area (Å²) in [5.74, 6) is -1.80. The number of benzene rings is 2. The SMILES string of the molecule is COc1ccc(F)cc1S(=O)(=O)N1CCC[C@@H](C(=O)NCc2ccc(F)cc2)C1. The van der Waals surface area contributed by atoms with Crippen molar-refractivity contribution in [2.45, 2.75) is 24.3 Å². The Morgan fingerprint density at radius 3 is 2.55 bits per heavy atom. The highest BCUT2D eigenvalue weighted by molar-refractivity contribution is 7.89. The molecule has 1 amide bonds. The van der Waals surface area contributed by atoms with E-state index in [1.165, 1.54) is 29.6 Å². The zero-order valence-corrected chi connectivity index (χ0v) is 16.7. The average Bonchev–Trinajstić information content (AvgIpc) is 2.73. The Bertz CT molecular complexity index is 980. The Kier molecular flexibility index (Phi) is 6.49. The summed E-state index contributed by atoms with van der Waals surface area (Å²) < 4.78 is 58.9. The van der Waals surface area contributed by atoms with Crippen LogP contribution in [0.15, 0.2) is 47.4 Å². The summed E-state index contributed by atoms with van der Waals surface area (Å²) in [6.45, 7) is 0.459.